The standard InChI is InChI=1S/C18H16F6N4O/c19-10-12-7-13(9-14(8-12)18(22,23)24)16-25-11-28(26-16)4-1-15(29)27-5-2-17(20,21)3-6-27/h1,4,7-9,11H,2-3,5-6,10H2/b4-1-. The minimum Gasteiger partial charge on any atom is -0.339 e. The van der Waals surface area contributed by atoms with E-state index >= 15 is 0 Å². The van der Waals surface area contributed by atoms with Gasteiger partial charge in [0.1, 0.15) is 13.0 Å². The molecule has 1 aliphatic rings. The molecule has 156 valence electrons. The number of rotatable bonds is 4. The van der Waals surface area contributed by atoms with Crippen LogP contribution in [0.5, 0.6) is 0 Å². The number of carbonyl (C=O) groups excluding carboxylic acids is 1. The average molecular weight is 418 g/mol. The summed E-state index contributed by atoms with van der Waals surface area (Å²) in [5.41, 5.74) is -1.21. The summed E-state index contributed by atoms with van der Waals surface area (Å²) in [5, 5.41) is 3.96. The van der Waals surface area contributed by atoms with E-state index in [9.17, 15) is 31.1 Å². The molecule has 1 amide bonds. The van der Waals surface area contributed by atoms with Crippen LogP contribution in [0.4, 0.5) is 26.3 Å². The molecule has 0 unspecified atom stereocenters. The van der Waals surface area contributed by atoms with E-state index in [1.165, 1.54) is 23.5 Å². The molecule has 2 aromatic rings. The molecule has 1 saturated heterocycles. The molecule has 2 heterocycles. The molecule has 3 rings (SSSR count). The molecule has 5 nitrogen and oxygen atoms in total. The van der Waals surface area contributed by atoms with Gasteiger partial charge in [0.25, 0.3) is 5.92 Å². The number of hydrogen-bond donors (Lipinski definition) is 0. The maximum absolute atomic E-state index is 13.1. The SMILES string of the molecule is O=C(/C=C\n1cnc(-c2cc(CF)cc(C(F)(F)F)c2)n1)N1CCC(F)(F)CC1. The second-order valence-corrected chi connectivity index (χ2v) is 6.60. The maximum Gasteiger partial charge on any atom is 0.416 e. The number of hydrogen-bond acceptors (Lipinski definition) is 3. The quantitative estimate of drug-likeness (QED) is 0.554. The van der Waals surface area contributed by atoms with Crippen LogP contribution in [0.2, 0.25) is 0 Å². The van der Waals surface area contributed by atoms with Crippen LogP contribution in [-0.2, 0) is 17.6 Å². The van der Waals surface area contributed by atoms with Crippen molar-refractivity contribution in [1.82, 2.24) is 19.7 Å². The van der Waals surface area contributed by atoms with Crippen LogP contribution in [0.25, 0.3) is 17.6 Å². The Hall–Kier alpha value is -2.85. The highest BCUT2D eigenvalue weighted by atomic mass is 19.4. The van der Waals surface area contributed by atoms with E-state index in [0.717, 1.165) is 16.8 Å². The molecular formula is C18H16F6N4O. The molecular weight excluding hydrogens is 402 g/mol. The Morgan fingerprint density at radius 1 is 1.17 bits per heavy atom. The van der Waals surface area contributed by atoms with Gasteiger partial charge < -0.3 is 4.90 Å². The van der Waals surface area contributed by atoms with E-state index in [0.29, 0.717) is 6.07 Å². The molecule has 11 heteroatoms. The lowest BCUT2D eigenvalue weighted by Crippen LogP contribution is -2.42. The molecule has 1 aliphatic heterocycles. The van der Waals surface area contributed by atoms with Crippen molar-refractivity contribution < 1.29 is 31.1 Å². The summed E-state index contributed by atoms with van der Waals surface area (Å²) in [4.78, 5) is 17.2. The molecule has 0 aliphatic carbocycles. The van der Waals surface area contributed by atoms with Crippen LogP contribution in [-0.4, -0.2) is 44.6 Å². The summed E-state index contributed by atoms with van der Waals surface area (Å²) in [6, 6.07) is 2.72. The van der Waals surface area contributed by atoms with Crippen molar-refractivity contribution in [3.05, 3.63) is 41.7 Å². The van der Waals surface area contributed by atoms with Crippen LogP contribution in [0, 0.1) is 0 Å². The summed E-state index contributed by atoms with van der Waals surface area (Å²) < 4.78 is 79.2. The molecule has 1 fully saturated rings. The largest absolute Gasteiger partial charge is 0.416 e. The molecule has 29 heavy (non-hydrogen) atoms. The van der Waals surface area contributed by atoms with Gasteiger partial charge in [0.15, 0.2) is 5.82 Å². The lowest BCUT2D eigenvalue weighted by atomic mass is 10.1. The maximum atomic E-state index is 13.1. The van der Waals surface area contributed by atoms with E-state index < -0.39 is 43.1 Å². The first kappa shape index (κ1) is 20.9. The Labute approximate surface area is 161 Å². The molecule has 0 radical (unpaired) electrons. The van der Waals surface area contributed by atoms with Gasteiger partial charge in [0, 0.05) is 43.8 Å². The molecule has 0 saturated carbocycles. The fourth-order valence-corrected chi connectivity index (χ4v) is 2.84. The zero-order valence-corrected chi connectivity index (χ0v) is 15.0. The number of carbonyl (C=O) groups is 1. The number of likely N-dealkylation sites (tertiary alicyclic amines) is 1. The first-order valence-corrected chi connectivity index (χ1v) is 8.61. The van der Waals surface area contributed by atoms with E-state index in [2.05, 4.69) is 10.1 Å². The minimum atomic E-state index is -4.65. The van der Waals surface area contributed by atoms with Crippen LogP contribution < -0.4 is 0 Å². The normalized spacial score (nSPS) is 17.1. The number of amides is 1. The van der Waals surface area contributed by atoms with Crippen LogP contribution in [0.3, 0.4) is 0 Å². The Bertz CT molecular complexity index is 911. The average Bonchev–Trinajstić information content (AvgIpc) is 3.14. The number of alkyl halides is 6. The van der Waals surface area contributed by atoms with Crippen molar-refractivity contribution in [2.45, 2.75) is 31.6 Å². The van der Waals surface area contributed by atoms with Crippen molar-refractivity contribution in [2.75, 3.05) is 13.1 Å². The predicted octanol–water partition coefficient (Wildman–Crippen LogP) is 4.16. The highest BCUT2D eigenvalue weighted by molar-refractivity contribution is 5.90. The minimum absolute atomic E-state index is 0.0239. The third-order valence-corrected chi connectivity index (χ3v) is 4.42. The zero-order chi connectivity index (χ0) is 21.2. The first-order valence-electron chi connectivity index (χ1n) is 8.61. The van der Waals surface area contributed by atoms with Gasteiger partial charge in [-0.15, -0.1) is 5.10 Å². The third-order valence-electron chi connectivity index (χ3n) is 4.42. The lowest BCUT2D eigenvalue weighted by Gasteiger charge is -2.30. The molecule has 0 spiro atoms. The topological polar surface area (TPSA) is 51.0 Å². The Morgan fingerprint density at radius 2 is 1.86 bits per heavy atom. The van der Waals surface area contributed by atoms with Gasteiger partial charge in [0.05, 0.1) is 5.56 Å². The van der Waals surface area contributed by atoms with Gasteiger partial charge in [0.2, 0.25) is 5.91 Å². The Kier molecular flexibility index (Phi) is 5.67. The van der Waals surface area contributed by atoms with Crippen molar-refractivity contribution in [1.29, 1.82) is 0 Å². The van der Waals surface area contributed by atoms with Gasteiger partial charge in [-0.1, -0.05) is 0 Å². The van der Waals surface area contributed by atoms with Crippen molar-refractivity contribution in [3.8, 4) is 11.4 Å². The van der Waals surface area contributed by atoms with Crippen LogP contribution >= 0.6 is 0 Å². The number of nitrogens with zero attached hydrogens (tertiary/aromatic N) is 4. The van der Waals surface area contributed by atoms with E-state index in [1.54, 1.807) is 0 Å². The van der Waals surface area contributed by atoms with Gasteiger partial charge in [-0.25, -0.2) is 22.8 Å². The van der Waals surface area contributed by atoms with E-state index in [1.807, 2.05) is 0 Å². The number of benzene rings is 1. The number of piperidine rings is 1. The smallest absolute Gasteiger partial charge is 0.339 e. The molecule has 1 aromatic heterocycles. The van der Waals surface area contributed by atoms with Gasteiger partial charge in [-0.2, -0.15) is 13.2 Å². The number of aromatic nitrogens is 3. The predicted molar refractivity (Wildman–Crippen MR) is 91.4 cm³/mol. The molecule has 0 bridgehead atoms. The van der Waals surface area contributed by atoms with Crippen molar-refractivity contribution in [2.24, 2.45) is 0 Å². The molecule has 1 aromatic carbocycles. The van der Waals surface area contributed by atoms with Gasteiger partial charge >= 0.3 is 6.18 Å². The van der Waals surface area contributed by atoms with E-state index in [-0.39, 0.29) is 30.0 Å². The highest BCUT2D eigenvalue weighted by Crippen LogP contribution is 2.33. The van der Waals surface area contributed by atoms with Crippen LogP contribution in [0.15, 0.2) is 30.6 Å². The van der Waals surface area contributed by atoms with Crippen molar-refractivity contribution >= 4 is 12.1 Å². The fraction of sp³-hybridized carbons (Fsp3) is 0.389. The monoisotopic (exact) mass is 418 g/mol. The molecule has 0 N–H and O–H groups in total. The molecule has 0 atom stereocenters. The van der Waals surface area contributed by atoms with Gasteiger partial charge in [-0.3, -0.25) is 4.79 Å². The summed E-state index contributed by atoms with van der Waals surface area (Å²) in [5.74, 6) is -3.35. The Morgan fingerprint density at radius 3 is 2.48 bits per heavy atom. The summed E-state index contributed by atoms with van der Waals surface area (Å²) in [6.07, 6.45) is -1.98. The second-order valence-electron chi connectivity index (χ2n) is 6.60. The lowest BCUT2D eigenvalue weighted by molar-refractivity contribution is -0.137. The summed E-state index contributed by atoms with van der Waals surface area (Å²) in [7, 11) is 0. The third kappa shape index (κ3) is 5.15. The first-order chi connectivity index (χ1) is 13.6. The highest BCUT2D eigenvalue weighted by Gasteiger charge is 2.35. The van der Waals surface area contributed by atoms with Crippen LogP contribution in [0.1, 0.15) is 24.0 Å². The van der Waals surface area contributed by atoms with E-state index in [4.69, 9.17) is 0 Å². The zero-order valence-electron chi connectivity index (χ0n) is 15.0. The summed E-state index contributed by atoms with van der Waals surface area (Å²) >= 11 is 0. The van der Waals surface area contributed by atoms with Crippen molar-refractivity contribution in [3.63, 3.8) is 0 Å². The summed E-state index contributed by atoms with van der Waals surface area (Å²) in [6.45, 7) is -1.23. The van der Waals surface area contributed by atoms with Gasteiger partial charge in [-0.05, 0) is 23.8 Å². The Balaban J connectivity index is 1.74. The second kappa shape index (κ2) is 7.88. The fourth-order valence-electron chi connectivity index (χ4n) is 2.84. The number of halogens is 6.